The lowest BCUT2D eigenvalue weighted by atomic mass is 10.2. The molecule has 0 unspecified atom stereocenters. The Morgan fingerprint density at radius 2 is 2.05 bits per heavy atom. The maximum Gasteiger partial charge on any atom is 0.193 e. The van der Waals surface area contributed by atoms with E-state index in [9.17, 15) is 4.79 Å². The molecule has 0 saturated heterocycles. The third-order valence-electron chi connectivity index (χ3n) is 3.36. The van der Waals surface area contributed by atoms with Crippen LogP contribution in [0.15, 0.2) is 68.7 Å². The highest BCUT2D eigenvalue weighted by Crippen LogP contribution is 2.23. The van der Waals surface area contributed by atoms with Gasteiger partial charge in [-0.2, -0.15) is 0 Å². The molecular weight excluding hydrogens is 332 g/mol. The molecule has 0 N–H and O–H groups in total. The van der Waals surface area contributed by atoms with Crippen molar-refractivity contribution in [2.24, 2.45) is 0 Å². The van der Waals surface area contributed by atoms with E-state index in [0.717, 1.165) is 9.99 Å². The molecule has 0 spiro atoms. The van der Waals surface area contributed by atoms with Gasteiger partial charge < -0.3 is 8.82 Å². The van der Waals surface area contributed by atoms with E-state index in [4.69, 9.17) is 4.42 Å². The van der Waals surface area contributed by atoms with Crippen LogP contribution in [-0.2, 0) is 0 Å². The van der Waals surface area contributed by atoms with Crippen LogP contribution in [-0.4, -0.2) is 9.38 Å². The van der Waals surface area contributed by atoms with Crippen molar-refractivity contribution >= 4 is 32.4 Å². The first-order valence-corrected chi connectivity index (χ1v) is 7.16. The topological polar surface area (TPSA) is 47.5 Å². The highest BCUT2D eigenvalue weighted by molar-refractivity contribution is 9.10. The van der Waals surface area contributed by atoms with Crippen molar-refractivity contribution in [3.63, 3.8) is 0 Å². The number of hydrogen-bond donors (Lipinski definition) is 0. The standard InChI is InChI=1S/C16H9BrN2O2/c17-10-3-4-15-12(6-10)14(20)8-16(21-15)13-7-11-2-1-5-19(11)9-18-13/h1-9H. The number of benzene rings is 1. The minimum absolute atomic E-state index is 0.0791. The van der Waals surface area contributed by atoms with Crippen molar-refractivity contribution in [3.05, 3.63) is 69.7 Å². The van der Waals surface area contributed by atoms with E-state index in [0.29, 0.717) is 22.4 Å². The molecule has 3 aromatic heterocycles. The fourth-order valence-corrected chi connectivity index (χ4v) is 2.69. The zero-order valence-corrected chi connectivity index (χ0v) is 12.4. The lowest BCUT2D eigenvalue weighted by Gasteiger charge is -2.03. The monoisotopic (exact) mass is 340 g/mol. The lowest BCUT2D eigenvalue weighted by Crippen LogP contribution is -2.01. The Morgan fingerprint density at radius 1 is 1.14 bits per heavy atom. The van der Waals surface area contributed by atoms with Crippen LogP contribution in [0, 0.1) is 0 Å². The van der Waals surface area contributed by atoms with Crippen LogP contribution in [0.5, 0.6) is 0 Å². The number of aromatic nitrogens is 2. The van der Waals surface area contributed by atoms with Crippen molar-refractivity contribution in [2.45, 2.75) is 0 Å². The molecule has 4 nitrogen and oxygen atoms in total. The molecule has 0 fully saturated rings. The Labute approximate surface area is 127 Å². The first-order chi connectivity index (χ1) is 10.2. The third kappa shape index (κ3) is 2.06. The van der Waals surface area contributed by atoms with Gasteiger partial charge >= 0.3 is 0 Å². The fraction of sp³-hybridized carbons (Fsp3) is 0. The van der Waals surface area contributed by atoms with Crippen molar-refractivity contribution in [1.29, 1.82) is 0 Å². The molecule has 0 radical (unpaired) electrons. The van der Waals surface area contributed by atoms with Crippen LogP contribution in [0.4, 0.5) is 0 Å². The average molecular weight is 341 g/mol. The van der Waals surface area contributed by atoms with Gasteiger partial charge in [-0.3, -0.25) is 4.79 Å². The van der Waals surface area contributed by atoms with Gasteiger partial charge in [0.15, 0.2) is 11.2 Å². The summed E-state index contributed by atoms with van der Waals surface area (Å²) in [6, 6.07) is 12.7. The van der Waals surface area contributed by atoms with E-state index in [1.165, 1.54) is 6.07 Å². The number of rotatable bonds is 1. The highest BCUT2D eigenvalue weighted by atomic mass is 79.9. The van der Waals surface area contributed by atoms with Crippen molar-refractivity contribution in [3.8, 4) is 11.5 Å². The molecule has 4 rings (SSSR count). The molecule has 0 atom stereocenters. The predicted octanol–water partition coefficient (Wildman–Crippen LogP) is 3.87. The molecular formula is C16H9BrN2O2. The summed E-state index contributed by atoms with van der Waals surface area (Å²) in [6.07, 6.45) is 3.62. The summed E-state index contributed by atoms with van der Waals surface area (Å²) >= 11 is 3.36. The quantitative estimate of drug-likeness (QED) is 0.528. The van der Waals surface area contributed by atoms with Crippen LogP contribution in [0.2, 0.25) is 0 Å². The summed E-state index contributed by atoms with van der Waals surface area (Å²) < 4.78 is 8.57. The molecule has 4 aromatic rings. The first-order valence-electron chi connectivity index (χ1n) is 6.37. The zero-order chi connectivity index (χ0) is 14.4. The Hall–Kier alpha value is -2.40. The lowest BCUT2D eigenvalue weighted by molar-refractivity contribution is 0.615. The van der Waals surface area contributed by atoms with Gasteiger partial charge in [0.05, 0.1) is 11.7 Å². The molecule has 0 aliphatic rings. The SMILES string of the molecule is O=c1cc(-c2cc3cccn3cn2)oc2ccc(Br)cc12. The van der Waals surface area contributed by atoms with Gasteiger partial charge in [0.1, 0.15) is 11.3 Å². The van der Waals surface area contributed by atoms with Crippen molar-refractivity contribution < 1.29 is 4.42 Å². The molecule has 3 heterocycles. The molecule has 1 aromatic carbocycles. The van der Waals surface area contributed by atoms with Gasteiger partial charge in [0, 0.05) is 22.3 Å². The van der Waals surface area contributed by atoms with E-state index in [2.05, 4.69) is 20.9 Å². The zero-order valence-electron chi connectivity index (χ0n) is 10.8. The largest absolute Gasteiger partial charge is 0.454 e. The van der Waals surface area contributed by atoms with Gasteiger partial charge in [-0.05, 0) is 36.4 Å². The minimum atomic E-state index is -0.0791. The second-order valence-corrected chi connectivity index (χ2v) is 5.65. The maximum atomic E-state index is 12.2. The van der Waals surface area contributed by atoms with E-state index in [1.54, 1.807) is 18.5 Å². The second-order valence-electron chi connectivity index (χ2n) is 4.73. The summed E-state index contributed by atoms with van der Waals surface area (Å²) in [5.74, 6) is 0.471. The molecule has 0 amide bonds. The summed E-state index contributed by atoms with van der Waals surface area (Å²) in [7, 11) is 0. The normalized spacial score (nSPS) is 11.3. The highest BCUT2D eigenvalue weighted by Gasteiger charge is 2.09. The summed E-state index contributed by atoms with van der Waals surface area (Å²) in [5.41, 5.74) is 2.11. The molecule has 0 saturated carbocycles. The average Bonchev–Trinajstić information content (AvgIpc) is 2.95. The molecule has 5 heteroatoms. The van der Waals surface area contributed by atoms with Crippen LogP contribution >= 0.6 is 15.9 Å². The van der Waals surface area contributed by atoms with E-state index >= 15 is 0 Å². The first kappa shape index (κ1) is 12.3. The Morgan fingerprint density at radius 3 is 2.95 bits per heavy atom. The minimum Gasteiger partial charge on any atom is -0.454 e. The van der Waals surface area contributed by atoms with Crippen LogP contribution < -0.4 is 5.43 Å². The van der Waals surface area contributed by atoms with Gasteiger partial charge in [-0.15, -0.1) is 0 Å². The van der Waals surface area contributed by atoms with E-state index in [-0.39, 0.29) is 5.43 Å². The fourth-order valence-electron chi connectivity index (χ4n) is 2.33. The van der Waals surface area contributed by atoms with Gasteiger partial charge in [-0.25, -0.2) is 4.98 Å². The molecule has 0 aliphatic heterocycles. The van der Waals surface area contributed by atoms with Gasteiger partial charge in [0.25, 0.3) is 0 Å². The third-order valence-corrected chi connectivity index (χ3v) is 3.85. The Balaban J connectivity index is 1.97. The van der Waals surface area contributed by atoms with Crippen LogP contribution in [0.1, 0.15) is 0 Å². The molecule has 102 valence electrons. The smallest absolute Gasteiger partial charge is 0.193 e. The summed E-state index contributed by atoms with van der Waals surface area (Å²) in [6.45, 7) is 0. The molecule has 21 heavy (non-hydrogen) atoms. The predicted molar refractivity (Wildman–Crippen MR) is 84.4 cm³/mol. The summed E-state index contributed by atoms with van der Waals surface area (Å²) in [5, 5.41) is 0.553. The van der Waals surface area contributed by atoms with Gasteiger partial charge in [-0.1, -0.05) is 15.9 Å². The molecule has 0 bridgehead atoms. The second kappa shape index (κ2) is 4.56. The van der Waals surface area contributed by atoms with Crippen LogP contribution in [0.25, 0.3) is 27.9 Å². The number of nitrogens with zero attached hydrogens (tertiary/aromatic N) is 2. The number of halogens is 1. The van der Waals surface area contributed by atoms with Gasteiger partial charge in [0.2, 0.25) is 0 Å². The maximum absolute atomic E-state index is 12.2. The molecule has 0 aliphatic carbocycles. The van der Waals surface area contributed by atoms with Crippen molar-refractivity contribution in [1.82, 2.24) is 9.38 Å². The van der Waals surface area contributed by atoms with Crippen molar-refractivity contribution in [2.75, 3.05) is 0 Å². The van der Waals surface area contributed by atoms with Crippen LogP contribution in [0.3, 0.4) is 0 Å². The Bertz CT molecular complexity index is 1030. The van der Waals surface area contributed by atoms with E-state index in [1.807, 2.05) is 34.9 Å². The summed E-state index contributed by atoms with van der Waals surface area (Å²) in [4.78, 5) is 16.6. The Kier molecular flexibility index (Phi) is 2.68. The number of fused-ring (bicyclic) bond motifs is 2. The van der Waals surface area contributed by atoms with E-state index < -0.39 is 0 Å². The number of hydrogen-bond acceptors (Lipinski definition) is 3.